The minimum Gasteiger partial charge on any atom is -0.164 e. The van der Waals surface area contributed by atoms with Gasteiger partial charge in [0.05, 0.1) is 0 Å². The fourth-order valence-electron chi connectivity index (χ4n) is 5.22. The van der Waals surface area contributed by atoms with Crippen molar-refractivity contribution in [2.24, 2.45) is 45.7 Å². The molecule has 0 bridgehead atoms. The predicted octanol–water partition coefficient (Wildman–Crippen LogP) is 6.50. The van der Waals surface area contributed by atoms with Gasteiger partial charge in [0.1, 0.15) is 0 Å². The third kappa shape index (κ3) is 5.43. The smallest absolute Gasteiger partial charge is 0.0301 e. The maximum atomic E-state index is 4.40. The molecule has 0 atom stereocenters. The molecule has 0 unspecified atom stereocenters. The van der Waals surface area contributed by atoms with Crippen LogP contribution >= 0.6 is 0 Å². The standard InChI is InChI=1S/C22H38N2/c1-17-3-7-19(8-4-17)15-23-24-16-20-9-13-22(14-10-20)21-11-5-18(2)6-12-21/h15-22H,3-14H2,1-2H3. The van der Waals surface area contributed by atoms with Crippen LogP contribution in [0, 0.1) is 35.5 Å². The number of rotatable bonds is 4. The van der Waals surface area contributed by atoms with Crippen molar-refractivity contribution in [2.75, 3.05) is 0 Å². The predicted molar refractivity (Wildman–Crippen MR) is 105 cm³/mol. The average Bonchev–Trinajstić information content (AvgIpc) is 2.62. The van der Waals surface area contributed by atoms with E-state index in [0.717, 1.165) is 23.7 Å². The monoisotopic (exact) mass is 330 g/mol. The zero-order chi connectivity index (χ0) is 16.8. The largest absolute Gasteiger partial charge is 0.164 e. The zero-order valence-corrected chi connectivity index (χ0v) is 16.0. The lowest BCUT2D eigenvalue weighted by Gasteiger charge is -2.36. The molecule has 0 amide bonds. The minimum atomic E-state index is 0.683. The molecule has 0 saturated heterocycles. The zero-order valence-electron chi connectivity index (χ0n) is 16.0. The van der Waals surface area contributed by atoms with Crippen molar-refractivity contribution in [3.8, 4) is 0 Å². The Labute approximate surface area is 149 Å². The summed E-state index contributed by atoms with van der Waals surface area (Å²) < 4.78 is 0. The number of nitrogens with zero attached hydrogens (tertiary/aromatic N) is 2. The van der Waals surface area contributed by atoms with Crippen LogP contribution < -0.4 is 0 Å². The number of hydrogen-bond acceptors (Lipinski definition) is 2. The molecule has 24 heavy (non-hydrogen) atoms. The van der Waals surface area contributed by atoms with E-state index in [-0.39, 0.29) is 0 Å². The maximum Gasteiger partial charge on any atom is 0.0301 e. The summed E-state index contributed by atoms with van der Waals surface area (Å²) in [4.78, 5) is 0. The summed E-state index contributed by atoms with van der Waals surface area (Å²) in [5.41, 5.74) is 0. The van der Waals surface area contributed by atoms with Gasteiger partial charge >= 0.3 is 0 Å². The van der Waals surface area contributed by atoms with Crippen LogP contribution in [0.25, 0.3) is 0 Å². The van der Waals surface area contributed by atoms with Crippen LogP contribution in [0.15, 0.2) is 10.2 Å². The maximum absolute atomic E-state index is 4.40. The lowest BCUT2D eigenvalue weighted by molar-refractivity contribution is 0.164. The van der Waals surface area contributed by atoms with Gasteiger partial charge < -0.3 is 0 Å². The fourth-order valence-corrected chi connectivity index (χ4v) is 5.22. The molecule has 0 spiro atoms. The van der Waals surface area contributed by atoms with Crippen LogP contribution in [0.3, 0.4) is 0 Å². The summed E-state index contributed by atoms with van der Waals surface area (Å²) in [6.45, 7) is 4.80. The molecule has 0 N–H and O–H groups in total. The van der Waals surface area contributed by atoms with Gasteiger partial charge in [0.2, 0.25) is 0 Å². The van der Waals surface area contributed by atoms with Crippen LogP contribution in [-0.2, 0) is 0 Å². The minimum absolute atomic E-state index is 0.683. The van der Waals surface area contributed by atoms with Gasteiger partial charge in [-0.15, -0.1) is 0 Å². The second kappa shape index (κ2) is 9.15. The van der Waals surface area contributed by atoms with E-state index in [4.69, 9.17) is 0 Å². The topological polar surface area (TPSA) is 24.7 Å². The molecule has 3 aliphatic rings. The van der Waals surface area contributed by atoms with E-state index in [1.165, 1.54) is 77.0 Å². The Morgan fingerprint density at radius 3 is 1.29 bits per heavy atom. The van der Waals surface area contributed by atoms with Crippen molar-refractivity contribution in [1.29, 1.82) is 0 Å². The second-order valence-electron chi connectivity index (χ2n) is 9.24. The van der Waals surface area contributed by atoms with Crippen LogP contribution in [0.4, 0.5) is 0 Å². The van der Waals surface area contributed by atoms with Gasteiger partial charge in [-0.1, -0.05) is 39.5 Å². The van der Waals surface area contributed by atoms with Crippen molar-refractivity contribution in [1.82, 2.24) is 0 Å². The molecule has 0 aliphatic heterocycles. The van der Waals surface area contributed by atoms with Crippen LogP contribution in [-0.4, -0.2) is 12.4 Å². The van der Waals surface area contributed by atoms with E-state index in [2.05, 4.69) is 36.5 Å². The Hall–Kier alpha value is -0.660. The second-order valence-corrected chi connectivity index (χ2v) is 9.24. The van der Waals surface area contributed by atoms with Crippen LogP contribution in [0.1, 0.15) is 90.9 Å². The van der Waals surface area contributed by atoms with Gasteiger partial charge in [-0.2, -0.15) is 10.2 Å². The first-order chi connectivity index (χ1) is 11.7. The van der Waals surface area contributed by atoms with E-state index in [1.54, 1.807) is 0 Å². The van der Waals surface area contributed by atoms with E-state index in [0.29, 0.717) is 11.8 Å². The molecule has 0 aromatic heterocycles. The molecule has 2 nitrogen and oxygen atoms in total. The first-order valence-electron chi connectivity index (χ1n) is 10.8. The molecular weight excluding hydrogens is 292 g/mol. The Kier molecular flexibility index (Phi) is 6.92. The molecule has 0 heterocycles. The Bertz CT molecular complexity index is 404. The van der Waals surface area contributed by atoms with E-state index >= 15 is 0 Å². The first-order valence-corrected chi connectivity index (χ1v) is 10.8. The lowest BCUT2D eigenvalue weighted by atomic mass is 9.69. The Morgan fingerprint density at radius 1 is 0.500 bits per heavy atom. The Morgan fingerprint density at radius 2 is 0.833 bits per heavy atom. The summed E-state index contributed by atoms with van der Waals surface area (Å²) in [5.74, 6) is 5.31. The van der Waals surface area contributed by atoms with Crippen LogP contribution in [0.5, 0.6) is 0 Å². The van der Waals surface area contributed by atoms with Gasteiger partial charge in [-0.25, -0.2) is 0 Å². The first kappa shape index (κ1) is 18.1. The molecular formula is C22H38N2. The summed E-state index contributed by atoms with van der Waals surface area (Å²) in [6, 6.07) is 0. The lowest BCUT2D eigenvalue weighted by Crippen LogP contribution is -2.25. The summed E-state index contributed by atoms with van der Waals surface area (Å²) in [7, 11) is 0. The molecule has 3 aliphatic carbocycles. The molecule has 2 heteroatoms. The third-order valence-electron chi connectivity index (χ3n) is 7.23. The Balaban J connectivity index is 1.34. The van der Waals surface area contributed by atoms with E-state index in [1.807, 2.05) is 0 Å². The van der Waals surface area contributed by atoms with E-state index in [9.17, 15) is 0 Å². The van der Waals surface area contributed by atoms with Gasteiger partial charge in [0.15, 0.2) is 0 Å². The van der Waals surface area contributed by atoms with Crippen molar-refractivity contribution in [3.63, 3.8) is 0 Å². The van der Waals surface area contributed by atoms with Crippen LogP contribution in [0.2, 0.25) is 0 Å². The quantitative estimate of drug-likeness (QED) is 0.415. The van der Waals surface area contributed by atoms with Crippen molar-refractivity contribution >= 4 is 12.4 Å². The highest BCUT2D eigenvalue weighted by atomic mass is 15.2. The van der Waals surface area contributed by atoms with E-state index < -0.39 is 0 Å². The molecule has 3 saturated carbocycles. The molecule has 0 radical (unpaired) electrons. The van der Waals surface area contributed by atoms with Gasteiger partial charge in [-0.05, 0) is 86.9 Å². The molecule has 136 valence electrons. The molecule has 0 aromatic carbocycles. The van der Waals surface area contributed by atoms with Crippen molar-refractivity contribution in [2.45, 2.75) is 90.9 Å². The summed E-state index contributed by atoms with van der Waals surface area (Å²) in [6.07, 6.45) is 21.1. The highest BCUT2D eigenvalue weighted by molar-refractivity contribution is 5.64. The summed E-state index contributed by atoms with van der Waals surface area (Å²) in [5, 5.41) is 8.78. The summed E-state index contributed by atoms with van der Waals surface area (Å²) >= 11 is 0. The van der Waals surface area contributed by atoms with Gasteiger partial charge in [-0.3, -0.25) is 0 Å². The normalized spacial score (nSPS) is 41.9. The van der Waals surface area contributed by atoms with Gasteiger partial charge in [0, 0.05) is 12.4 Å². The average molecular weight is 331 g/mol. The molecule has 0 aromatic rings. The highest BCUT2D eigenvalue weighted by Crippen LogP contribution is 2.40. The molecule has 3 fully saturated rings. The third-order valence-corrected chi connectivity index (χ3v) is 7.23. The number of hydrogen-bond donors (Lipinski definition) is 0. The SMILES string of the molecule is CC1CCC(C=NN=CC2CCC(C3CCC(C)CC3)CC2)CC1. The molecule has 3 rings (SSSR count). The highest BCUT2D eigenvalue weighted by Gasteiger charge is 2.29. The van der Waals surface area contributed by atoms with Crippen molar-refractivity contribution in [3.05, 3.63) is 0 Å². The van der Waals surface area contributed by atoms with Crippen molar-refractivity contribution < 1.29 is 0 Å². The van der Waals surface area contributed by atoms with Gasteiger partial charge in [0.25, 0.3) is 0 Å². The fraction of sp³-hybridized carbons (Fsp3) is 0.909.